The molecule has 2 fully saturated rings. The van der Waals surface area contributed by atoms with Crippen LogP contribution in [0.15, 0.2) is 22.8 Å². The first-order valence-electron chi connectivity index (χ1n) is 7.22. The molecule has 0 bridgehead atoms. The highest BCUT2D eigenvalue weighted by molar-refractivity contribution is 5.73. The fraction of sp³-hybridized carbons (Fsp3) is 0.643. The normalized spacial score (nSPS) is 26.7. The van der Waals surface area contributed by atoms with Crippen LogP contribution in [0.25, 0.3) is 0 Å². The zero-order chi connectivity index (χ0) is 13.8. The summed E-state index contributed by atoms with van der Waals surface area (Å²) in [6.07, 6.45) is 6.15. The minimum Gasteiger partial charge on any atom is -0.467 e. The summed E-state index contributed by atoms with van der Waals surface area (Å²) in [5.74, 6) is 0.826. The molecule has 0 saturated carbocycles. The molecule has 0 aromatic carbocycles. The number of nitrogens with zero attached hydrogens (tertiary/aromatic N) is 1. The SMILES string of the molecule is O=C(NO[C@H]1CCCCO1)N1CCC[C@@H]1c1ccco1. The summed E-state index contributed by atoms with van der Waals surface area (Å²) in [6, 6.07) is 3.52. The van der Waals surface area contributed by atoms with Crippen LogP contribution < -0.4 is 5.48 Å². The maximum absolute atomic E-state index is 12.2. The molecule has 0 spiro atoms. The van der Waals surface area contributed by atoms with Crippen LogP contribution in [-0.2, 0) is 9.57 Å². The summed E-state index contributed by atoms with van der Waals surface area (Å²) in [6.45, 7) is 1.41. The second-order valence-electron chi connectivity index (χ2n) is 5.19. The van der Waals surface area contributed by atoms with E-state index in [1.54, 1.807) is 11.2 Å². The number of ether oxygens (including phenoxy) is 1. The van der Waals surface area contributed by atoms with Crippen molar-refractivity contribution in [3.8, 4) is 0 Å². The van der Waals surface area contributed by atoms with Crippen molar-refractivity contribution in [3.63, 3.8) is 0 Å². The van der Waals surface area contributed by atoms with Gasteiger partial charge >= 0.3 is 6.03 Å². The average Bonchev–Trinajstić information content (AvgIpc) is 3.15. The Labute approximate surface area is 118 Å². The molecule has 3 heterocycles. The highest BCUT2D eigenvalue weighted by Crippen LogP contribution is 2.32. The fourth-order valence-corrected chi connectivity index (χ4v) is 2.77. The number of hydroxylamine groups is 1. The Kier molecular flexibility index (Phi) is 4.22. The van der Waals surface area contributed by atoms with E-state index in [9.17, 15) is 4.79 Å². The molecule has 2 amide bonds. The number of hydrogen-bond acceptors (Lipinski definition) is 4. The van der Waals surface area contributed by atoms with E-state index in [4.69, 9.17) is 14.0 Å². The van der Waals surface area contributed by atoms with Crippen molar-refractivity contribution < 1.29 is 18.8 Å². The second kappa shape index (κ2) is 6.28. The maximum Gasteiger partial charge on any atom is 0.342 e. The smallest absolute Gasteiger partial charge is 0.342 e. The first-order valence-corrected chi connectivity index (χ1v) is 7.22. The first kappa shape index (κ1) is 13.5. The predicted octanol–water partition coefficient (Wildman–Crippen LogP) is 2.58. The monoisotopic (exact) mass is 280 g/mol. The maximum atomic E-state index is 12.2. The lowest BCUT2D eigenvalue weighted by Crippen LogP contribution is -2.42. The van der Waals surface area contributed by atoms with Gasteiger partial charge in [0.1, 0.15) is 5.76 Å². The zero-order valence-corrected chi connectivity index (χ0v) is 11.4. The molecule has 110 valence electrons. The molecule has 3 rings (SSSR count). The number of carbonyl (C=O) groups is 1. The Hall–Kier alpha value is -1.53. The Bertz CT molecular complexity index is 428. The van der Waals surface area contributed by atoms with Gasteiger partial charge in [-0.2, -0.15) is 0 Å². The van der Waals surface area contributed by atoms with Crippen LogP contribution in [0.3, 0.4) is 0 Å². The predicted molar refractivity (Wildman–Crippen MR) is 70.6 cm³/mol. The van der Waals surface area contributed by atoms with Gasteiger partial charge in [-0.3, -0.25) is 0 Å². The molecule has 0 unspecified atom stereocenters. The van der Waals surface area contributed by atoms with Gasteiger partial charge in [-0.25, -0.2) is 15.1 Å². The summed E-state index contributed by atoms with van der Waals surface area (Å²) in [5, 5.41) is 0. The topological polar surface area (TPSA) is 63.9 Å². The van der Waals surface area contributed by atoms with E-state index >= 15 is 0 Å². The van der Waals surface area contributed by atoms with E-state index in [0.717, 1.165) is 37.9 Å². The lowest BCUT2D eigenvalue weighted by atomic mass is 10.2. The quantitative estimate of drug-likeness (QED) is 0.864. The van der Waals surface area contributed by atoms with E-state index in [1.165, 1.54) is 0 Å². The Morgan fingerprint density at radius 3 is 3.05 bits per heavy atom. The summed E-state index contributed by atoms with van der Waals surface area (Å²) in [7, 11) is 0. The van der Waals surface area contributed by atoms with Gasteiger partial charge < -0.3 is 14.1 Å². The Morgan fingerprint density at radius 2 is 2.30 bits per heavy atom. The van der Waals surface area contributed by atoms with Gasteiger partial charge in [0.05, 0.1) is 12.3 Å². The molecular weight excluding hydrogens is 260 g/mol. The second-order valence-corrected chi connectivity index (χ2v) is 5.19. The van der Waals surface area contributed by atoms with Crippen LogP contribution in [0.1, 0.15) is 43.9 Å². The third kappa shape index (κ3) is 2.96. The van der Waals surface area contributed by atoms with Crippen molar-refractivity contribution in [3.05, 3.63) is 24.2 Å². The van der Waals surface area contributed by atoms with E-state index in [1.807, 2.05) is 12.1 Å². The number of nitrogens with one attached hydrogen (secondary N) is 1. The molecular formula is C14H20N2O4. The van der Waals surface area contributed by atoms with Crippen molar-refractivity contribution in [2.24, 2.45) is 0 Å². The molecule has 6 heteroatoms. The highest BCUT2D eigenvalue weighted by atomic mass is 16.8. The molecule has 0 aliphatic carbocycles. The minimum atomic E-state index is -0.322. The van der Waals surface area contributed by atoms with Crippen molar-refractivity contribution in [1.29, 1.82) is 0 Å². The standard InChI is InChI=1S/C14H20N2O4/c17-14(15-20-13-7-1-2-9-19-13)16-8-3-5-11(16)12-6-4-10-18-12/h4,6,10-11,13H,1-3,5,7-9H2,(H,15,17)/t11-,13+/m1/s1. The number of furan rings is 1. The largest absolute Gasteiger partial charge is 0.467 e. The van der Waals surface area contributed by atoms with Crippen molar-refractivity contribution >= 4 is 6.03 Å². The number of rotatable bonds is 3. The van der Waals surface area contributed by atoms with Gasteiger partial charge in [0.15, 0.2) is 6.29 Å². The third-order valence-electron chi connectivity index (χ3n) is 3.80. The fourth-order valence-electron chi connectivity index (χ4n) is 2.77. The summed E-state index contributed by atoms with van der Waals surface area (Å²) < 4.78 is 10.8. The van der Waals surface area contributed by atoms with Crippen LogP contribution >= 0.6 is 0 Å². The van der Waals surface area contributed by atoms with E-state index in [2.05, 4.69) is 5.48 Å². The van der Waals surface area contributed by atoms with E-state index in [-0.39, 0.29) is 18.4 Å². The van der Waals surface area contributed by atoms with Crippen LogP contribution in [0.5, 0.6) is 0 Å². The average molecular weight is 280 g/mol. The summed E-state index contributed by atoms with van der Waals surface area (Å²) in [5.41, 5.74) is 2.51. The molecule has 2 aliphatic heterocycles. The van der Waals surface area contributed by atoms with Crippen molar-refractivity contribution in [2.45, 2.75) is 44.4 Å². The Morgan fingerprint density at radius 1 is 1.35 bits per heavy atom. The first-order chi connectivity index (χ1) is 9.84. The van der Waals surface area contributed by atoms with Crippen LogP contribution in [0, 0.1) is 0 Å². The summed E-state index contributed by atoms with van der Waals surface area (Å²) in [4.78, 5) is 19.3. The summed E-state index contributed by atoms with van der Waals surface area (Å²) >= 11 is 0. The number of likely N-dealkylation sites (tertiary alicyclic amines) is 1. The number of urea groups is 1. The lowest BCUT2D eigenvalue weighted by molar-refractivity contribution is -0.187. The van der Waals surface area contributed by atoms with Crippen LogP contribution in [0.2, 0.25) is 0 Å². The number of carbonyl (C=O) groups excluding carboxylic acids is 1. The minimum absolute atomic E-state index is 0.000809. The van der Waals surface area contributed by atoms with E-state index < -0.39 is 0 Å². The number of hydrogen-bond donors (Lipinski definition) is 1. The zero-order valence-electron chi connectivity index (χ0n) is 11.4. The number of amides is 2. The van der Waals surface area contributed by atoms with Crippen molar-refractivity contribution in [2.75, 3.05) is 13.2 Å². The Balaban J connectivity index is 1.53. The molecule has 1 N–H and O–H groups in total. The van der Waals surface area contributed by atoms with Gasteiger partial charge in [-0.05, 0) is 37.8 Å². The lowest BCUT2D eigenvalue weighted by Gasteiger charge is -2.26. The molecule has 20 heavy (non-hydrogen) atoms. The molecule has 6 nitrogen and oxygen atoms in total. The molecule has 0 radical (unpaired) electrons. The molecule has 2 aliphatic rings. The van der Waals surface area contributed by atoms with Gasteiger partial charge in [0.25, 0.3) is 0 Å². The molecule has 2 saturated heterocycles. The van der Waals surface area contributed by atoms with Gasteiger partial charge in [-0.15, -0.1) is 0 Å². The molecule has 1 aromatic heterocycles. The van der Waals surface area contributed by atoms with Gasteiger partial charge in [-0.1, -0.05) is 0 Å². The van der Waals surface area contributed by atoms with Gasteiger partial charge in [0.2, 0.25) is 0 Å². The molecule has 1 aromatic rings. The van der Waals surface area contributed by atoms with Crippen LogP contribution in [-0.4, -0.2) is 30.4 Å². The highest BCUT2D eigenvalue weighted by Gasteiger charge is 2.32. The van der Waals surface area contributed by atoms with E-state index in [0.29, 0.717) is 13.2 Å². The third-order valence-corrected chi connectivity index (χ3v) is 3.80. The molecule has 2 atom stereocenters. The van der Waals surface area contributed by atoms with Crippen molar-refractivity contribution in [1.82, 2.24) is 10.4 Å². The van der Waals surface area contributed by atoms with Crippen LogP contribution in [0.4, 0.5) is 4.79 Å². The van der Waals surface area contributed by atoms with Gasteiger partial charge in [0, 0.05) is 19.6 Å².